The van der Waals surface area contributed by atoms with Gasteiger partial charge in [-0.1, -0.05) is 39.5 Å². The van der Waals surface area contributed by atoms with E-state index < -0.39 is 0 Å². The average molecular weight is 240 g/mol. The molecule has 1 rings (SSSR count). The molecule has 1 N–H and O–H groups in total. The summed E-state index contributed by atoms with van der Waals surface area (Å²) in [4.78, 5) is 13.6. The molecule has 3 heteroatoms. The van der Waals surface area contributed by atoms with Crippen molar-refractivity contribution in [1.82, 2.24) is 10.2 Å². The largest absolute Gasteiger partial charge is 0.354 e. The molecule has 1 fully saturated rings. The minimum atomic E-state index is 0.194. The Kier molecular flexibility index (Phi) is 7.25. The molecule has 1 heterocycles. The van der Waals surface area contributed by atoms with Gasteiger partial charge >= 0.3 is 0 Å². The molecule has 1 atom stereocenters. The lowest BCUT2D eigenvalue weighted by atomic mass is 9.95. The monoisotopic (exact) mass is 240 g/mol. The highest BCUT2D eigenvalue weighted by Crippen LogP contribution is 2.17. The molecule has 0 aromatic carbocycles. The summed E-state index contributed by atoms with van der Waals surface area (Å²) in [5.41, 5.74) is 0. The summed E-state index contributed by atoms with van der Waals surface area (Å²) in [5.74, 6) is 0.984. The maximum Gasteiger partial charge on any atom is 0.234 e. The van der Waals surface area contributed by atoms with Crippen LogP contribution < -0.4 is 5.32 Å². The second kappa shape index (κ2) is 8.51. The smallest absolute Gasteiger partial charge is 0.234 e. The van der Waals surface area contributed by atoms with Crippen LogP contribution in [0.1, 0.15) is 52.4 Å². The van der Waals surface area contributed by atoms with Gasteiger partial charge in [-0.05, 0) is 18.8 Å². The molecule has 0 bridgehead atoms. The first kappa shape index (κ1) is 14.5. The van der Waals surface area contributed by atoms with Gasteiger partial charge in [0.2, 0.25) is 5.91 Å². The highest BCUT2D eigenvalue weighted by atomic mass is 16.2. The maximum absolute atomic E-state index is 11.3. The molecule has 0 aromatic heterocycles. The van der Waals surface area contributed by atoms with Crippen molar-refractivity contribution in [2.24, 2.45) is 5.92 Å². The standard InChI is InChI=1S/C14H28N2O/c1-3-5-6-8-13(7-4-2)11-16-10-9-15-14(17)12-16/h13H,3-12H2,1-2H3,(H,15,17). The summed E-state index contributed by atoms with van der Waals surface area (Å²) in [6.07, 6.45) is 7.89. The summed E-state index contributed by atoms with van der Waals surface area (Å²) in [6, 6.07) is 0. The Morgan fingerprint density at radius 2 is 2.06 bits per heavy atom. The minimum absolute atomic E-state index is 0.194. The van der Waals surface area contributed by atoms with Crippen molar-refractivity contribution in [3.63, 3.8) is 0 Å². The molecule has 0 saturated carbocycles. The van der Waals surface area contributed by atoms with Crippen LogP contribution in [0.2, 0.25) is 0 Å². The molecule has 0 aliphatic carbocycles. The number of carbonyl (C=O) groups is 1. The van der Waals surface area contributed by atoms with Gasteiger partial charge in [-0.2, -0.15) is 0 Å². The van der Waals surface area contributed by atoms with E-state index in [1.807, 2.05) is 0 Å². The Balaban J connectivity index is 2.28. The zero-order valence-corrected chi connectivity index (χ0v) is 11.5. The van der Waals surface area contributed by atoms with Crippen molar-refractivity contribution in [1.29, 1.82) is 0 Å². The van der Waals surface area contributed by atoms with E-state index in [1.54, 1.807) is 0 Å². The highest BCUT2D eigenvalue weighted by molar-refractivity contribution is 5.78. The topological polar surface area (TPSA) is 32.3 Å². The van der Waals surface area contributed by atoms with Crippen molar-refractivity contribution in [3.8, 4) is 0 Å². The van der Waals surface area contributed by atoms with Gasteiger partial charge in [-0.25, -0.2) is 0 Å². The van der Waals surface area contributed by atoms with E-state index in [-0.39, 0.29) is 5.91 Å². The predicted molar refractivity (Wildman–Crippen MR) is 72.0 cm³/mol. The molecule has 1 amide bonds. The van der Waals surface area contributed by atoms with Crippen LogP contribution >= 0.6 is 0 Å². The zero-order chi connectivity index (χ0) is 12.5. The molecule has 1 aliphatic rings. The molecule has 0 aromatic rings. The van der Waals surface area contributed by atoms with Crippen molar-refractivity contribution in [2.75, 3.05) is 26.2 Å². The molecule has 1 unspecified atom stereocenters. The Morgan fingerprint density at radius 3 is 2.71 bits per heavy atom. The van der Waals surface area contributed by atoms with Crippen LogP contribution in [0.4, 0.5) is 0 Å². The fourth-order valence-corrected chi connectivity index (χ4v) is 2.63. The van der Waals surface area contributed by atoms with Gasteiger partial charge in [-0.3, -0.25) is 9.69 Å². The number of hydrogen-bond acceptors (Lipinski definition) is 2. The van der Waals surface area contributed by atoms with Crippen molar-refractivity contribution in [2.45, 2.75) is 52.4 Å². The van der Waals surface area contributed by atoms with Crippen LogP contribution in [0.3, 0.4) is 0 Å². The van der Waals surface area contributed by atoms with Crippen molar-refractivity contribution < 1.29 is 4.79 Å². The number of carbonyl (C=O) groups excluding carboxylic acids is 1. The molecule has 17 heavy (non-hydrogen) atoms. The van der Waals surface area contributed by atoms with Crippen LogP contribution in [0.15, 0.2) is 0 Å². The zero-order valence-electron chi connectivity index (χ0n) is 11.5. The Labute approximate surface area is 106 Å². The molecule has 3 nitrogen and oxygen atoms in total. The SMILES string of the molecule is CCCCCC(CCC)CN1CCNC(=O)C1. The molecule has 100 valence electrons. The molecule has 0 radical (unpaired) electrons. The molecular formula is C14H28N2O. The van der Waals surface area contributed by atoms with Gasteiger partial charge in [0.05, 0.1) is 6.54 Å². The van der Waals surface area contributed by atoms with Crippen molar-refractivity contribution >= 4 is 5.91 Å². The van der Waals surface area contributed by atoms with Gasteiger partial charge in [0.1, 0.15) is 0 Å². The van der Waals surface area contributed by atoms with Crippen molar-refractivity contribution in [3.05, 3.63) is 0 Å². The number of rotatable bonds is 8. The third kappa shape index (κ3) is 6.06. The van der Waals surface area contributed by atoms with E-state index in [1.165, 1.54) is 38.5 Å². The van der Waals surface area contributed by atoms with E-state index >= 15 is 0 Å². The van der Waals surface area contributed by atoms with Gasteiger partial charge in [0.15, 0.2) is 0 Å². The van der Waals surface area contributed by atoms with E-state index in [4.69, 9.17) is 0 Å². The Hall–Kier alpha value is -0.570. The van der Waals surface area contributed by atoms with Crippen LogP contribution in [0.25, 0.3) is 0 Å². The lowest BCUT2D eigenvalue weighted by Crippen LogP contribution is -2.48. The normalized spacial score (nSPS) is 19.1. The fourth-order valence-electron chi connectivity index (χ4n) is 2.63. The first-order valence-electron chi connectivity index (χ1n) is 7.25. The number of piperazine rings is 1. The second-order valence-electron chi connectivity index (χ2n) is 5.24. The number of unbranched alkanes of at least 4 members (excludes halogenated alkanes) is 2. The number of hydrogen-bond donors (Lipinski definition) is 1. The number of nitrogens with zero attached hydrogens (tertiary/aromatic N) is 1. The third-order valence-corrected chi connectivity index (χ3v) is 3.55. The minimum Gasteiger partial charge on any atom is -0.354 e. The summed E-state index contributed by atoms with van der Waals surface area (Å²) in [7, 11) is 0. The molecule has 0 spiro atoms. The van der Waals surface area contributed by atoms with Gasteiger partial charge in [-0.15, -0.1) is 0 Å². The van der Waals surface area contributed by atoms with Gasteiger partial charge in [0.25, 0.3) is 0 Å². The number of nitrogens with one attached hydrogen (secondary N) is 1. The highest BCUT2D eigenvalue weighted by Gasteiger charge is 2.19. The lowest BCUT2D eigenvalue weighted by molar-refractivity contribution is -0.124. The van der Waals surface area contributed by atoms with Gasteiger partial charge < -0.3 is 5.32 Å². The predicted octanol–water partition coefficient (Wildman–Crippen LogP) is 2.41. The van der Waals surface area contributed by atoms with Crippen LogP contribution in [-0.4, -0.2) is 37.0 Å². The molecule has 1 saturated heterocycles. The van der Waals surface area contributed by atoms with E-state index in [0.29, 0.717) is 6.54 Å². The molecule has 1 aliphatic heterocycles. The Bertz CT molecular complexity index is 218. The van der Waals surface area contributed by atoms with E-state index in [0.717, 1.165) is 25.6 Å². The fraction of sp³-hybridized carbons (Fsp3) is 0.929. The average Bonchev–Trinajstić information content (AvgIpc) is 2.29. The van der Waals surface area contributed by atoms with Gasteiger partial charge in [0, 0.05) is 19.6 Å². The maximum atomic E-state index is 11.3. The first-order chi connectivity index (χ1) is 8.26. The Morgan fingerprint density at radius 1 is 1.24 bits per heavy atom. The van der Waals surface area contributed by atoms with Crippen LogP contribution in [0, 0.1) is 5.92 Å². The van der Waals surface area contributed by atoms with E-state index in [9.17, 15) is 4.79 Å². The number of amides is 1. The quantitative estimate of drug-likeness (QED) is 0.661. The lowest BCUT2D eigenvalue weighted by Gasteiger charge is -2.30. The second-order valence-corrected chi connectivity index (χ2v) is 5.24. The van der Waals surface area contributed by atoms with Crippen LogP contribution in [0.5, 0.6) is 0 Å². The third-order valence-electron chi connectivity index (χ3n) is 3.55. The van der Waals surface area contributed by atoms with E-state index in [2.05, 4.69) is 24.1 Å². The summed E-state index contributed by atoms with van der Waals surface area (Å²) in [5, 5.41) is 2.89. The summed E-state index contributed by atoms with van der Waals surface area (Å²) >= 11 is 0. The molecular weight excluding hydrogens is 212 g/mol. The summed E-state index contributed by atoms with van der Waals surface area (Å²) < 4.78 is 0. The van der Waals surface area contributed by atoms with Crippen LogP contribution in [-0.2, 0) is 4.79 Å². The summed E-state index contributed by atoms with van der Waals surface area (Å²) in [6.45, 7) is 8.09. The first-order valence-corrected chi connectivity index (χ1v) is 7.25.